The third-order valence-electron chi connectivity index (χ3n) is 5.41. The van der Waals surface area contributed by atoms with E-state index in [-0.39, 0.29) is 24.5 Å². The van der Waals surface area contributed by atoms with Gasteiger partial charge in [-0.25, -0.2) is 9.48 Å². The van der Waals surface area contributed by atoms with Gasteiger partial charge in [-0.2, -0.15) is 5.10 Å². The van der Waals surface area contributed by atoms with Gasteiger partial charge in [0.25, 0.3) is 0 Å². The molecule has 4 rings (SSSR count). The number of amides is 1. The van der Waals surface area contributed by atoms with Crippen molar-refractivity contribution < 1.29 is 19.4 Å². The molecule has 1 heterocycles. The average molecular weight is 419 g/mol. The topological polar surface area (TPSA) is 93.5 Å². The van der Waals surface area contributed by atoms with E-state index < -0.39 is 12.1 Å². The molecule has 0 bridgehead atoms. The molecule has 160 valence electrons. The molecule has 0 saturated heterocycles. The van der Waals surface area contributed by atoms with Gasteiger partial charge in [0.15, 0.2) is 0 Å². The largest absolute Gasteiger partial charge is 0.480 e. The molecule has 0 saturated carbocycles. The van der Waals surface area contributed by atoms with E-state index >= 15 is 0 Å². The number of carbonyl (C=O) groups excluding carboxylic acids is 1. The lowest BCUT2D eigenvalue weighted by Gasteiger charge is -2.14. The predicted octanol–water partition coefficient (Wildman–Crippen LogP) is 4.63. The standard InChI is InChI=1S/C24H25N3O4/c1-24(2,3)20-12-21(27(26-20)13-22(28)29)25-23(30)31-14-19-17-10-6-4-8-15(17)16-9-5-7-11-18(16)19/h4-12,19H,13-14H2,1-3H3,(H,25,30)(H,28,29). The fraction of sp³-hybridized carbons (Fsp3) is 0.292. The minimum atomic E-state index is -1.04. The van der Waals surface area contributed by atoms with Crippen LogP contribution in [0.15, 0.2) is 54.6 Å². The number of rotatable bonds is 5. The maximum absolute atomic E-state index is 12.6. The Hall–Kier alpha value is -3.61. The average Bonchev–Trinajstić information content (AvgIpc) is 3.25. The molecule has 0 aliphatic heterocycles. The second kappa shape index (κ2) is 7.91. The highest BCUT2D eigenvalue weighted by Gasteiger charge is 2.29. The van der Waals surface area contributed by atoms with Gasteiger partial charge in [-0.1, -0.05) is 69.3 Å². The summed E-state index contributed by atoms with van der Waals surface area (Å²) in [5, 5.41) is 16.2. The third kappa shape index (κ3) is 4.17. The summed E-state index contributed by atoms with van der Waals surface area (Å²) in [6.45, 7) is 5.74. The lowest BCUT2D eigenvalue weighted by Crippen LogP contribution is -2.21. The maximum Gasteiger partial charge on any atom is 0.412 e. The minimum absolute atomic E-state index is 0.0489. The molecular weight excluding hydrogens is 394 g/mol. The van der Waals surface area contributed by atoms with Crippen molar-refractivity contribution in [3.63, 3.8) is 0 Å². The van der Waals surface area contributed by atoms with Gasteiger partial charge in [0, 0.05) is 17.4 Å². The van der Waals surface area contributed by atoms with Crippen LogP contribution in [0.25, 0.3) is 11.1 Å². The lowest BCUT2D eigenvalue weighted by molar-refractivity contribution is -0.137. The SMILES string of the molecule is CC(C)(C)c1cc(NC(=O)OCC2c3ccccc3-c3ccccc32)n(CC(=O)O)n1. The molecule has 3 aromatic rings. The molecule has 2 aromatic carbocycles. The van der Waals surface area contributed by atoms with E-state index in [0.29, 0.717) is 11.5 Å². The van der Waals surface area contributed by atoms with Crippen LogP contribution >= 0.6 is 0 Å². The van der Waals surface area contributed by atoms with E-state index in [1.165, 1.54) is 4.68 Å². The molecule has 0 radical (unpaired) electrons. The van der Waals surface area contributed by atoms with Crippen LogP contribution in [0.4, 0.5) is 10.6 Å². The van der Waals surface area contributed by atoms with Gasteiger partial charge in [0.1, 0.15) is 19.0 Å². The number of anilines is 1. The van der Waals surface area contributed by atoms with Crippen LogP contribution in [0.1, 0.15) is 43.5 Å². The highest BCUT2D eigenvalue weighted by Crippen LogP contribution is 2.44. The normalized spacial score (nSPS) is 12.9. The summed E-state index contributed by atoms with van der Waals surface area (Å²) >= 11 is 0. The number of carboxylic acids is 1. The molecule has 0 fully saturated rings. The van der Waals surface area contributed by atoms with Gasteiger partial charge < -0.3 is 9.84 Å². The van der Waals surface area contributed by atoms with Crippen molar-refractivity contribution >= 4 is 17.9 Å². The molecule has 1 aliphatic carbocycles. The molecule has 2 N–H and O–H groups in total. The molecule has 1 aliphatic rings. The number of benzene rings is 2. The molecule has 0 atom stereocenters. The quantitative estimate of drug-likeness (QED) is 0.629. The van der Waals surface area contributed by atoms with E-state index in [2.05, 4.69) is 34.7 Å². The second-order valence-corrected chi connectivity index (χ2v) is 8.67. The summed E-state index contributed by atoms with van der Waals surface area (Å²) in [6.07, 6.45) is -0.645. The third-order valence-corrected chi connectivity index (χ3v) is 5.41. The fourth-order valence-electron chi connectivity index (χ4n) is 3.87. The molecule has 31 heavy (non-hydrogen) atoms. The van der Waals surface area contributed by atoms with Crippen LogP contribution in [-0.4, -0.2) is 33.6 Å². The number of nitrogens with zero attached hydrogens (tertiary/aromatic N) is 2. The van der Waals surface area contributed by atoms with Crippen molar-refractivity contribution in [3.8, 4) is 11.1 Å². The first-order valence-corrected chi connectivity index (χ1v) is 10.2. The Morgan fingerprint density at radius 2 is 1.65 bits per heavy atom. The molecule has 1 aromatic heterocycles. The van der Waals surface area contributed by atoms with Gasteiger partial charge in [0.2, 0.25) is 0 Å². The zero-order valence-corrected chi connectivity index (χ0v) is 17.8. The Bertz CT molecular complexity index is 1100. The second-order valence-electron chi connectivity index (χ2n) is 8.67. The monoisotopic (exact) mass is 419 g/mol. The summed E-state index contributed by atoms with van der Waals surface area (Å²) in [7, 11) is 0. The Kier molecular flexibility index (Phi) is 5.27. The van der Waals surface area contributed by atoms with E-state index in [0.717, 1.165) is 22.3 Å². The number of carboxylic acid groups (broad SMARTS) is 1. The Balaban J connectivity index is 1.50. The van der Waals surface area contributed by atoms with Crippen LogP contribution in [0.5, 0.6) is 0 Å². The first kappa shape index (κ1) is 20.7. The zero-order valence-electron chi connectivity index (χ0n) is 17.8. The summed E-state index contributed by atoms with van der Waals surface area (Å²) < 4.78 is 6.83. The lowest BCUT2D eigenvalue weighted by atomic mass is 9.92. The molecule has 7 heteroatoms. The van der Waals surface area contributed by atoms with Crippen molar-refractivity contribution in [1.29, 1.82) is 0 Å². The van der Waals surface area contributed by atoms with Gasteiger partial charge >= 0.3 is 12.1 Å². The molecule has 0 unspecified atom stereocenters. The summed E-state index contributed by atoms with van der Waals surface area (Å²) in [5.41, 5.74) is 4.96. The number of ether oxygens (including phenoxy) is 1. The van der Waals surface area contributed by atoms with Crippen molar-refractivity contribution in [2.75, 3.05) is 11.9 Å². The van der Waals surface area contributed by atoms with Crippen LogP contribution < -0.4 is 5.32 Å². The van der Waals surface area contributed by atoms with Crippen LogP contribution in [0, 0.1) is 0 Å². The zero-order chi connectivity index (χ0) is 22.2. The summed E-state index contributed by atoms with van der Waals surface area (Å²) in [4.78, 5) is 23.8. The van der Waals surface area contributed by atoms with Gasteiger partial charge in [-0.3, -0.25) is 10.1 Å². The van der Waals surface area contributed by atoms with Crippen molar-refractivity contribution in [1.82, 2.24) is 9.78 Å². The number of fused-ring (bicyclic) bond motifs is 3. The first-order valence-electron chi connectivity index (χ1n) is 10.2. The Morgan fingerprint density at radius 3 is 2.19 bits per heavy atom. The molecular formula is C24H25N3O4. The molecule has 0 spiro atoms. The number of aliphatic carboxylic acids is 1. The number of hydrogen-bond donors (Lipinski definition) is 2. The van der Waals surface area contributed by atoms with Crippen LogP contribution in [-0.2, 0) is 21.5 Å². The van der Waals surface area contributed by atoms with Crippen molar-refractivity contribution in [2.45, 2.75) is 38.6 Å². The number of nitrogens with one attached hydrogen (secondary N) is 1. The van der Waals surface area contributed by atoms with E-state index in [1.807, 2.05) is 45.0 Å². The molecule has 1 amide bonds. The van der Waals surface area contributed by atoms with Gasteiger partial charge in [-0.05, 0) is 22.3 Å². The van der Waals surface area contributed by atoms with Gasteiger partial charge in [0.05, 0.1) is 5.69 Å². The smallest absolute Gasteiger partial charge is 0.412 e. The fourth-order valence-corrected chi connectivity index (χ4v) is 3.87. The highest BCUT2D eigenvalue weighted by molar-refractivity contribution is 5.84. The number of carbonyl (C=O) groups is 2. The first-order chi connectivity index (χ1) is 14.7. The Labute approximate surface area is 180 Å². The van der Waals surface area contributed by atoms with E-state index in [1.54, 1.807) is 6.07 Å². The maximum atomic E-state index is 12.6. The summed E-state index contributed by atoms with van der Waals surface area (Å²) in [5.74, 6) is -0.795. The van der Waals surface area contributed by atoms with Crippen molar-refractivity contribution in [3.05, 3.63) is 71.4 Å². The highest BCUT2D eigenvalue weighted by atomic mass is 16.5. The van der Waals surface area contributed by atoms with Crippen LogP contribution in [0.3, 0.4) is 0 Å². The minimum Gasteiger partial charge on any atom is -0.480 e. The molecule has 7 nitrogen and oxygen atoms in total. The predicted molar refractivity (Wildman–Crippen MR) is 117 cm³/mol. The Morgan fingerprint density at radius 1 is 1.06 bits per heavy atom. The van der Waals surface area contributed by atoms with Crippen molar-refractivity contribution in [2.24, 2.45) is 0 Å². The van der Waals surface area contributed by atoms with Gasteiger partial charge in [-0.15, -0.1) is 0 Å². The van der Waals surface area contributed by atoms with E-state index in [4.69, 9.17) is 9.84 Å². The van der Waals surface area contributed by atoms with Crippen LogP contribution in [0.2, 0.25) is 0 Å². The number of aromatic nitrogens is 2. The number of hydrogen-bond acceptors (Lipinski definition) is 4. The summed E-state index contributed by atoms with van der Waals surface area (Å²) in [6, 6.07) is 17.9. The van der Waals surface area contributed by atoms with E-state index in [9.17, 15) is 9.59 Å².